The maximum atomic E-state index is 6.03. The van der Waals surface area contributed by atoms with Crippen LogP contribution >= 0.6 is 11.6 Å². The van der Waals surface area contributed by atoms with Crippen LogP contribution in [-0.4, -0.2) is 14.5 Å². The summed E-state index contributed by atoms with van der Waals surface area (Å²) in [5, 5.41) is 0. The molecule has 0 amide bonds. The van der Waals surface area contributed by atoms with Crippen LogP contribution in [0.15, 0.2) is 36.4 Å². The van der Waals surface area contributed by atoms with Crippen molar-refractivity contribution in [2.24, 2.45) is 0 Å². The molecule has 0 saturated heterocycles. The van der Waals surface area contributed by atoms with E-state index in [1.807, 2.05) is 35.8 Å². The minimum atomic E-state index is 0.365. The monoisotopic (exact) mass is 271 g/mol. The van der Waals surface area contributed by atoms with Crippen LogP contribution in [0.3, 0.4) is 0 Å². The standard InChI is InChI=1S/C15H14ClN3/c1-10-5-3-4-6-13(10)19-14(9-16)18-12-8-7-11(2)17-15(12)19/h3-8H,9H2,1-2H3. The zero-order valence-electron chi connectivity index (χ0n) is 10.9. The van der Waals surface area contributed by atoms with Gasteiger partial charge in [-0.15, -0.1) is 11.6 Å². The Bertz CT molecular complexity index is 746. The fraction of sp³-hybridized carbons (Fsp3) is 0.200. The molecule has 2 heterocycles. The zero-order valence-corrected chi connectivity index (χ0v) is 11.6. The molecule has 1 aromatic carbocycles. The van der Waals surface area contributed by atoms with E-state index in [4.69, 9.17) is 11.6 Å². The second kappa shape index (κ2) is 4.67. The van der Waals surface area contributed by atoms with E-state index in [0.29, 0.717) is 5.88 Å². The highest BCUT2D eigenvalue weighted by atomic mass is 35.5. The molecule has 96 valence electrons. The van der Waals surface area contributed by atoms with Crippen molar-refractivity contribution >= 4 is 22.8 Å². The second-order valence-corrected chi connectivity index (χ2v) is 4.85. The Morgan fingerprint density at radius 1 is 1.05 bits per heavy atom. The maximum absolute atomic E-state index is 6.03. The van der Waals surface area contributed by atoms with Crippen molar-refractivity contribution in [3.05, 3.63) is 53.5 Å². The Labute approximate surface area is 116 Å². The summed E-state index contributed by atoms with van der Waals surface area (Å²) in [6, 6.07) is 12.1. The third kappa shape index (κ3) is 2.00. The predicted octanol–water partition coefficient (Wildman–Crippen LogP) is 3.78. The van der Waals surface area contributed by atoms with E-state index in [9.17, 15) is 0 Å². The molecule has 0 unspecified atom stereocenters. The van der Waals surface area contributed by atoms with E-state index in [-0.39, 0.29) is 0 Å². The van der Waals surface area contributed by atoms with Crippen LogP contribution < -0.4 is 0 Å². The molecule has 0 aliphatic rings. The molecule has 19 heavy (non-hydrogen) atoms. The molecule has 3 rings (SSSR count). The average Bonchev–Trinajstić information content (AvgIpc) is 2.77. The number of fused-ring (bicyclic) bond motifs is 1. The van der Waals surface area contributed by atoms with Gasteiger partial charge < -0.3 is 0 Å². The first-order chi connectivity index (χ1) is 9.20. The van der Waals surface area contributed by atoms with Crippen molar-refractivity contribution in [2.75, 3.05) is 0 Å². The van der Waals surface area contributed by atoms with Gasteiger partial charge in [-0.25, -0.2) is 9.97 Å². The molecule has 3 nitrogen and oxygen atoms in total. The Kier molecular flexibility index (Phi) is 2.99. The van der Waals surface area contributed by atoms with E-state index in [2.05, 4.69) is 29.0 Å². The van der Waals surface area contributed by atoms with Crippen molar-refractivity contribution in [1.29, 1.82) is 0 Å². The lowest BCUT2D eigenvalue weighted by Gasteiger charge is -2.10. The minimum Gasteiger partial charge on any atom is -0.279 e. The quantitative estimate of drug-likeness (QED) is 0.664. The fourth-order valence-corrected chi connectivity index (χ4v) is 2.44. The summed E-state index contributed by atoms with van der Waals surface area (Å²) < 4.78 is 2.05. The van der Waals surface area contributed by atoms with Crippen molar-refractivity contribution in [2.45, 2.75) is 19.7 Å². The highest BCUT2D eigenvalue weighted by molar-refractivity contribution is 6.16. The summed E-state index contributed by atoms with van der Waals surface area (Å²) in [5.41, 5.74) is 4.98. The molecular formula is C15H14ClN3. The summed E-state index contributed by atoms with van der Waals surface area (Å²) in [7, 11) is 0. The van der Waals surface area contributed by atoms with Gasteiger partial charge in [0.2, 0.25) is 0 Å². The number of imidazole rings is 1. The lowest BCUT2D eigenvalue weighted by molar-refractivity contribution is 0.957. The van der Waals surface area contributed by atoms with E-state index in [0.717, 1.165) is 28.4 Å². The summed E-state index contributed by atoms with van der Waals surface area (Å²) in [6.07, 6.45) is 0. The van der Waals surface area contributed by atoms with Gasteiger partial charge in [0.25, 0.3) is 0 Å². The zero-order chi connectivity index (χ0) is 13.4. The van der Waals surface area contributed by atoms with Gasteiger partial charge in [-0.3, -0.25) is 4.57 Å². The molecule has 0 radical (unpaired) electrons. The van der Waals surface area contributed by atoms with Gasteiger partial charge in [0.05, 0.1) is 11.6 Å². The molecule has 2 aromatic heterocycles. The van der Waals surface area contributed by atoms with Crippen molar-refractivity contribution in [1.82, 2.24) is 14.5 Å². The van der Waals surface area contributed by atoms with Crippen LogP contribution in [0.25, 0.3) is 16.9 Å². The Hall–Kier alpha value is -1.87. The van der Waals surface area contributed by atoms with E-state index < -0.39 is 0 Å². The van der Waals surface area contributed by atoms with Gasteiger partial charge in [-0.1, -0.05) is 18.2 Å². The van der Waals surface area contributed by atoms with Gasteiger partial charge in [0, 0.05) is 5.69 Å². The van der Waals surface area contributed by atoms with E-state index in [1.165, 1.54) is 5.56 Å². The molecular weight excluding hydrogens is 258 g/mol. The number of para-hydroxylation sites is 1. The van der Waals surface area contributed by atoms with Gasteiger partial charge >= 0.3 is 0 Å². The topological polar surface area (TPSA) is 30.7 Å². The molecule has 0 N–H and O–H groups in total. The van der Waals surface area contributed by atoms with Crippen molar-refractivity contribution < 1.29 is 0 Å². The first kappa shape index (κ1) is 12.2. The van der Waals surface area contributed by atoms with Gasteiger partial charge in [-0.2, -0.15) is 0 Å². The largest absolute Gasteiger partial charge is 0.279 e. The summed E-state index contributed by atoms with van der Waals surface area (Å²) in [4.78, 5) is 9.16. The molecule has 4 heteroatoms. The first-order valence-electron chi connectivity index (χ1n) is 6.17. The highest BCUT2D eigenvalue weighted by Crippen LogP contribution is 2.23. The average molecular weight is 272 g/mol. The first-order valence-corrected chi connectivity index (χ1v) is 6.71. The smallest absolute Gasteiger partial charge is 0.164 e. The molecule has 0 saturated carbocycles. The molecule has 0 bridgehead atoms. The van der Waals surface area contributed by atoms with E-state index in [1.54, 1.807) is 0 Å². The molecule has 0 aliphatic heterocycles. The number of aromatic nitrogens is 3. The summed E-state index contributed by atoms with van der Waals surface area (Å²) in [6.45, 7) is 4.06. The maximum Gasteiger partial charge on any atom is 0.164 e. The van der Waals surface area contributed by atoms with Crippen LogP contribution in [0.2, 0.25) is 0 Å². The van der Waals surface area contributed by atoms with Gasteiger partial charge in [0.1, 0.15) is 11.3 Å². The Morgan fingerprint density at radius 2 is 1.84 bits per heavy atom. The molecule has 0 fully saturated rings. The number of nitrogens with zero attached hydrogens (tertiary/aromatic N) is 3. The number of alkyl halides is 1. The van der Waals surface area contributed by atoms with E-state index >= 15 is 0 Å². The summed E-state index contributed by atoms with van der Waals surface area (Å²) in [5.74, 6) is 1.19. The molecule has 3 aromatic rings. The molecule has 0 aliphatic carbocycles. The Morgan fingerprint density at radius 3 is 2.58 bits per heavy atom. The molecule has 0 spiro atoms. The number of hydrogen-bond donors (Lipinski definition) is 0. The highest BCUT2D eigenvalue weighted by Gasteiger charge is 2.14. The van der Waals surface area contributed by atoms with Crippen LogP contribution in [0.1, 0.15) is 17.1 Å². The number of halogens is 1. The lowest BCUT2D eigenvalue weighted by atomic mass is 10.2. The number of rotatable bonds is 2. The lowest BCUT2D eigenvalue weighted by Crippen LogP contribution is -2.02. The number of aryl methyl sites for hydroxylation is 2. The number of benzene rings is 1. The summed E-state index contributed by atoms with van der Waals surface area (Å²) >= 11 is 6.03. The third-order valence-electron chi connectivity index (χ3n) is 3.19. The third-order valence-corrected chi connectivity index (χ3v) is 3.43. The number of pyridine rings is 1. The van der Waals surface area contributed by atoms with Crippen LogP contribution in [-0.2, 0) is 5.88 Å². The van der Waals surface area contributed by atoms with Gasteiger partial charge in [-0.05, 0) is 37.6 Å². The minimum absolute atomic E-state index is 0.365. The van der Waals surface area contributed by atoms with Gasteiger partial charge in [0.15, 0.2) is 5.65 Å². The van der Waals surface area contributed by atoms with Crippen LogP contribution in [0, 0.1) is 13.8 Å². The Balaban J connectivity index is 2.38. The van der Waals surface area contributed by atoms with Crippen LogP contribution in [0.4, 0.5) is 0 Å². The molecule has 0 atom stereocenters. The number of hydrogen-bond acceptors (Lipinski definition) is 2. The van der Waals surface area contributed by atoms with Crippen LogP contribution in [0.5, 0.6) is 0 Å². The SMILES string of the molecule is Cc1ccc2nc(CCl)n(-c3ccccc3C)c2n1. The van der Waals surface area contributed by atoms with Crippen molar-refractivity contribution in [3.8, 4) is 5.69 Å². The fourth-order valence-electron chi connectivity index (χ4n) is 2.26. The van der Waals surface area contributed by atoms with Crippen molar-refractivity contribution in [3.63, 3.8) is 0 Å². The normalized spacial score (nSPS) is 11.1. The second-order valence-electron chi connectivity index (χ2n) is 4.58. The predicted molar refractivity (Wildman–Crippen MR) is 77.9 cm³/mol.